The highest BCUT2D eigenvalue weighted by Gasteiger charge is 2.47. The highest BCUT2D eigenvalue weighted by Crippen LogP contribution is 2.40. The predicted octanol–water partition coefficient (Wildman–Crippen LogP) is 2.27. The maximum atomic E-state index is 12.1. The van der Waals surface area contributed by atoms with Crippen LogP contribution < -0.4 is 4.90 Å². The Morgan fingerprint density at radius 2 is 2.20 bits per heavy atom. The molecule has 1 aromatic rings. The number of rotatable bonds is 2. The third-order valence-electron chi connectivity index (χ3n) is 4.40. The van der Waals surface area contributed by atoms with E-state index in [2.05, 4.69) is 4.98 Å². The Morgan fingerprint density at radius 1 is 1.45 bits per heavy atom. The zero-order valence-electron chi connectivity index (χ0n) is 11.7. The molecule has 0 radical (unpaired) electrons. The Morgan fingerprint density at radius 3 is 2.85 bits per heavy atom. The molecule has 2 aliphatic rings. The van der Waals surface area contributed by atoms with Crippen molar-refractivity contribution in [2.24, 2.45) is 5.92 Å². The third-order valence-corrected chi connectivity index (χ3v) is 4.40. The Labute approximate surface area is 118 Å². The zero-order chi connectivity index (χ0) is 14.2. The van der Waals surface area contributed by atoms with Crippen molar-refractivity contribution in [3.63, 3.8) is 0 Å². The lowest BCUT2D eigenvalue weighted by atomic mass is 9.79. The van der Waals surface area contributed by atoms with Gasteiger partial charge in [0.1, 0.15) is 11.4 Å². The lowest BCUT2D eigenvalue weighted by molar-refractivity contribution is 0.00557. The van der Waals surface area contributed by atoms with Crippen LogP contribution in [-0.2, 0) is 4.74 Å². The van der Waals surface area contributed by atoms with Gasteiger partial charge in [0.15, 0.2) is 0 Å². The van der Waals surface area contributed by atoms with Gasteiger partial charge in [-0.3, -0.25) is 4.90 Å². The van der Waals surface area contributed by atoms with E-state index in [0.717, 1.165) is 31.4 Å². The largest absolute Gasteiger partial charge is 0.441 e. The van der Waals surface area contributed by atoms with Crippen LogP contribution in [0.2, 0.25) is 0 Å². The quantitative estimate of drug-likeness (QED) is 0.900. The molecule has 108 valence electrons. The summed E-state index contributed by atoms with van der Waals surface area (Å²) in [5.74, 6) is 1.02. The summed E-state index contributed by atoms with van der Waals surface area (Å²) in [5, 5.41) is 9.21. The molecule has 0 aromatic carbocycles. The Balaban J connectivity index is 1.76. The average molecular weight is 276 g/mol. The average Bonchev–Trinajstić information content (AvgIpc) is 2.77. The molecule has 2 heterocycles. The van der Waals surface area contributed by atoms with E-state index in [1.165, 1.54) is 0 Å². The van der Waals surface area contributed by atoms with Crippen LogP contribution >= 0.6 is 0 Å². The molecule has 1 aliphatic carbocycles. The molecule has 1 saturated heterocycles. The topological polar surface area (TPSA) is 62.7 Å². The standard InChI is InChI=1S/C15H20N2O3/c1-11-3-2-4-13(16-11)17-10-15(20-14(17)19)7-5-12(9-18)6-8-15/h2-4,12,18H,5-10H2,1H3/t12-,15-. The van der Waals surface area contributed by atoms with Gasteiger partial charge in [-0.05, 0) is 50.7 Å². The number of nitrogens with zero attached hydrogens (tertiary/aromatic N) is 2. The molecule has 2 fully saturated rings. The second kappa shape index (κ2) is 5.05. The van der Waals surface area contributed by atoms with Crippen molar-refractivity contribution in [2.45, 2.75) is 38.2 Å². The Bertz CT molecular complexity index is 510. The smallest absolute Gasteiger partial charge is 0.416 e. The van der Waals surface area contributed by atoms with Gasteiger partial charge in [0, 0.05) is 12.3 Å². The van der Waals surface area contributed by atoms with E-state index >= 15 is 0 Å². The normalized spacial score (nSPS) is 29.8. The number of hydrogen-bond donors (Lipinski definition) is 1. The van der Waals surface area contributed by atoms with Crippen LogP contribution in [0.25, 0.3) is 0 Å². The van der Waals surface area contributed by atoms with Crippen molar-refractivity contribution >= 4 is 11.9 Å². The highest BCUT2D eigenvalue weighted by atomic mass is 16.6. The fourth-order valence-electron chi connectivity index (χ4n) is 3.13. The lowest BCUT2D eigenvalue weighted by Gasteiger charge is -2.34. The molecular weight excluding hydrogens is 256 g/mol. The van der Waals surface area contributed by atoms with E-state index in [1.54, 1.807) is 4.90 Å². The summed E-state index contributed by atoms with van der Waals surface area (Å²) < 4.78 is 5.65. The summed E-state index contributed by atoms with van der Waals surface area (Å²) in [5.41, 5.74) is 0.508. The molecule has 0 atom stereocenters. The number of anilines is 1. The van der Waals surface area contributed by atoms with Crippen LogP contribution in [0.15, 0.2) is 18.2 Å². The van der Waals surface area contributed by atoms with Crippen molar-refractivity contribution < 1.29 is 14.6 Å². The van der Waals surface area contributed by atoms with E-state index in [1.807, 2.05) is 25.1 Å². The van der Waals surface area contributed by atoms with Crippen molar-refractivity contribution in [1.29, 1.82) is 0 Å². The first-order valence-corrected chi connectivity index (χ1v) is 7.17. The lowest BCUT2D eigenvalue weighted by Crippen LogP contribution is -2.39. The SMILES string of the molecule is Cc1cccc(N2C[C@]3(CC[C@@H](CO)CC3)OC2=O)n1. The second-order valence-corrected chi connectivity index (χ2v) is 5.90. The highest BCUT2D eigenvalue weighted by molar-refractivity contribution is 5.89. The molecule has 1 aromatic heterocycles. The molecule has 5 nitrogen and oxygen atoms in total. The molecule has 5 heteroatoms. The minimum Gasteiger partial charge on any atom is -0.441 e. The van der Waals surface area contributed by atoms with Gasteiger partial charge in [0.05, 0.1) is 6.54 Å². The van der Waals surface area contributed by atoms with Crippen molar-refractivity contribution in [2.75, 3.05) is 18.1 Å². The number of hydrogen-bond acceptors (Lipinski definition) is 4. The van der Waals surface area contributed by atoms with Crippen molar-refractivity contribution in [3.8, 4) is 0 Å². The Kier molecular flexibility index (Phi) is 3.38. The number of carbonyl (C=O) groups is 1. The van der Waals surface area contributed by atoms with E-state index in [4.69, 9.17) is 4.74 Å². The summed E-state index contributed by atoms with van der Waals surface area (Å²) in [6, 6.07) is 5.65. The van der Waals surface area contributed by atoms with E-state index in [-0.39, 0.29) is 18.3 Å². The number of aliphatic hydroxyl groups excluding tert-OH is 1. The number of aliphatic hydroxyl groups is 1. The first kappa shape index (κ1) is 13.4. The second-order valence-electron chi connectivity index (χ2n) is 5.90. The van der Waals surface area contributed by atoms with Crippen LogP contribution in [0, 0.1) is 12.8 Å². The van der Waals surface area contributed by atoms with Crippen LogP contribution in [-0.4, -0.2) is 34.9 Å². The van der Waals surface area contributed by atoms with E-state index < -0.39 is 0 Å². The molecule has 0 bridgehead atoms. The van der Waals surface area contributed by atoms with Crippen LogP contribution in [0.4, 0.5) is 10.6 Å². The van der Waals surface area contributed by atoms with Gasteiger partial charge >= 0.3 is 6.09 Å². The maximum Gasteiger partial charge on any atom is 0.416 e. The third kappa shape index (κ3) is 2.38. The van der Waals surface area contributed by atoms with Gasteiger partial charge < -0.3 is 9.84 Å². The summed E-state index contributed by atoms with van der Waals surface area (Å²) in [6.07, 6.45) is 3.18. The monoisotopic (exact) mass is 276 g/mol. The minimum atomic E-state index is -0.381. The molecule has 20 heavy (non-hydrogen) atoms. The van der Waals surface area contributed by atoms with Crippen LogP contribution in [0.5, 0.6) is 0 Å². The van der Waals surface area contributed by atoms with E-state index in [0.29, 0.717) is 18.3 Å². The summed E-state index contributed by atoms with van der Waals surface area (Å²) in [7, 11) is 0. The first-order chi connectivity index (χ1) is 9.62. The van der Waals surface area contributed by atoms with Gasteiger partial charge in [0.2, 0.25) is 0 Å². The summed E-state index contributed by atoms with van der Waals surface area (Å²) in [6.45, 7) is 2.71. The molecule has 1 N–H and O–H groups in total. The van der Waals surface area contributed by atoms with Gasteiger partial charge in [-0.2, -0.15) is 0 Å². The zero-order valence-corrected chi connectivity index (χ0v) is 11.7. The van der Waals surface area contributed by atoms with Gasteiger partial charge in [0.25, 0.3) is 0 Å². The molecule has 1 aliphatic heterocycles. The predicted molar refractivity (Wildman–Crippen MR) is 74.6 cm³/mol. The molecule has 1 spiro atoms. The van der Waals surface area contributed by atoms with Gasteiger partial charge in [-0.15, -0.1) is 0 Å². The number of aromatic nitrogens is 1. The molecule has 0 unspecified atom stereocenters. The maximum absolute atomic E-state index is 12.1. The van der Waals surface area contributed by atoms with Crippen LogP contribution in [0.1, 0.15) is 31.4 Å². The fraction of sp³-hybridized carbons (Fsp3) is 0.600. The van der Waals surface area contributed by atoms with Crippen molar-refractivity contribution in [1.82, 2.24) is 4.98 Å². The molecule has 1 saturated carbocycles. The number of carbonyl (C=O) groups excluding carboxylic acids is 1. The Hall–Kier alpha value is -1.62. The number of ether oxygens (including phenoxy) is 1. The number of pyridine rings is 1. The fourth-order valence-corrected chi connectivity index (χ4v) is 3.13. The summed E-state index contributed by atoms with van der Waals surface area (Å²) in [4.78, 5) is 18.2. The van der Waals surface area contributed by atoms with Gasteiger partial charge in [-0.25, -0.2) is 9.78 Å². The number of amides is 1. The van der Waals surface area contributed by atoms with Crippen molar-refractivity contribution in [3.05, 3.63) is 23.9 Å². The van der Waals surface area contributed by atoms with Crippen LogP contribution in [0.3, 0.4) is 0 Å². The molecule has 3 rings (SSSR count). The summed E-state index contributed by atoms with van der Waals surface area (Å²) >= 11 is 0. The molecular formula is C15H20N2O3. The van der Waals surface area contributed by atoms with E-state index in [9.17, 15) is 9.90 Å². The first-order valence-electron chi connectivity index (χ1n) is 7.17. The number of aryl methyl sites for hydroxylation is 1. The molecule has 1 amide bonds. The minimum absolute atomic E-state index is 0.229. The van der Waals surface area contributed by atoms with Gasteiger partial charge in [-0.1, -0.05) is 6.07 Å².